The zero-order valence-corrected chi connectivity index (χ0v) is 12.0. The summed E-state index contributed by atoms with van der Waals surface area (Å²) in [5.74, 6) is 0.384. The van der Waals surface area contributed by atoms with Crippen molar-refractivity contribution in [2.75, 3.05) is 13.2 Å². The number of hydrogen-bond donors (Lipinski definition) is 1. The van der Waals surface area contributed by atoms with E-state index >= 15 is 0 Å². The van der Waals surface area contributed by atoms with Crippen molar-refractivity contribution in [3.63, 3.8) is 0 Å². The van der Waals surface area contributed by atoms with E-state index in [0.717, 1.165) is 38.9 Å². The number of rotatable bonds is 2. The molecule has 0 radical (unpaired) electrons. The van der Waals surface area contributed by atoms with Crippen LogP contribution in [0.4, 0.5) is 0 Å². The predicted octanol–water partition coefficient (Wildman–Crippen LogP) is 3.05. The third kappa shape index (κ3) is 3.14. The van der Waals surface area contributed by atoms with Crippen LogP contribution in [0.15, 0.2) is 0 Å². The van der Waals surface area contributed by atoms with Crippen LogP contribution in [-0.4, -0.2) is 36.1 Å². The Morgan fingerprint density at radius 3 is 2.53 bits per heavy atom. The van der Waals surface area contributed by atoms with Crippen molar-refractivity contribution in [1.29, 1.82) is 0 Å². The Labute approximate surface area is 116 Å². The molecule has 110 valence electrons. The summed E-state index contributed by atoms with van der Waals surface area (Å²) < 4.78 is 11.9. The highest BCUT2D eigenvalue weighted by Gasteiger charge is 2.42. The Kier molecular flexibility index (Phi) is 4.45. The average molecular weight is 268 g/mol. The van der Waals surface area contributed by atoms with E-state index in [4.69, 9.17) is 9.47 Å². The lowest BCUT2D eigenvalue weighted by atomic mass is 9.73. The first-order valence-corrected chi connectivity index (χ1v) is 8.23. The van der Waals surface area contributed by atoms with Crippen molar-refractivity contribution in [2.45, 2.75) is 82.0 Å². The zero-order chi connectivity index (χ0) is 13.1. The zero-order valence-electron chi connectivity index (χ0n) is 12.0. The third-order valence-corrected chi connectivity index (χ3v) is 5.37. The highest BCUT2D eigenvalue weighted by molar-refractivity contribution is 4.93. The van der Waals surface area contributed by atoms with Gasteiger partial charge in [0.15, 0.2) is 0 Å². The van der Waals surface area contributed by atoms with Gasteiger partial charge in [0.1, 0.15) is 0 Å². The molecule has 19 heavy (non-hydrogen) atoms. The van der Waals surface area contributed by atoms with Crippen LogP contribution in [0, 0.1) is 5.92 Å². The van der Waals surface area contributed by atoms with Gasteiger partial charge in [-0.05, 0) is 50.9 Å². The Bertz CT molecular complexity index is 274. The fourth-order valence-electron chi connectivity index (χ4n) is 4.24. The van der Waals surface area contributed by atoms with Crippen LogP contribution in [0.5, 0.6) is 0 Å². The van der Waals surface area contributed by atoms with E-state index in [9.17, 15) is 5.11 Å². The van der Waals surface area contributed by atoms with E-state index in [1.807, 2.05) is 0 Å². The maximum absolute atomic E-state index is 10.6. The second-order valence-corrected chi connectivity index (χ2v) is 6.74. The molecule has 2 saturated heterocycles. The first-order chi connectivity index (χ1) is 9.29. The minimum Gasteiger partial charge on any atom is -0.390 e. The molecule has 3 unspecified atom stereocenters. The normalized spacial score (nSPS) is 37.1. The maximum Gasteiger partial charge on any atom is 0.0836 e. The Balaban J connectivity index is 1.60. The molecule has 1 N–H and O–H groups in total. The van der Waals surface area contributed by atoms with Crippen LogP contribution in [0.25, 0.3) is 0 Å². The lowest BCUT2D eigenvalue weighted by Gasteiger charge is -2.45. The maximum atomic E-state index is 10.6. The van der Waals surface area contributed by atoms with Gasteiger partial charge in [0.05, 0.1) is 17.8 Å². The van der Waals surface area contributed by atoms with Gasteiger partial charge < -0.3 is 14.6 Å². The van der Waals surface area contributed by atoms with Crippen molar-refractivity contribution in [3.8, 4) is 0 Å². The van der Waals surface area contributed by atoms with Crippen molar-refractivity contribution >= 4 is 0 Å². The predicted molar refractivity (Wildman–Crippen MR) is 74.1 cm³/mol. The SMILES string of the molecule is OC(C1CCOC2(CCCCC2)C1)C1CCCCO1. The van der Waals surface area contributed by atoms with E-state index in [1.165, 1.54) is 38.5 Å². The van der Waals surface area contributed by atoms with Crippen LogP contribution in [0.2, 0.25) is 0 Å². The standard InChI is InChI=1S/C16H28O3/c17-15(14-6-2-5-10-18-14)13-7-11-19-16(12-13)8-3-1-4-9-16/h13-15,17H,1-12H2. The van der Waals surface area contributed by atoms with Gasteiger partial charge >= 0.3 is 0 Å². The molecule has 1 spiro atoms. The third-order valence-electron chi connectivity index (χ3n) is 5.37. The molecule has 3 aliphatic rings. The number of aliphatic hydroxyl groups excluding tert-OH is 1. The van der Waals surface area contributed by atoms with Crippen molar-refractivity contribution in [2.24, 2.45) is 5.92 Å². The molecule has 3 fully saturated rings. The Morgan fingerprint density at radius 2 is 1.79 bits per heavy atom. The molecule has 1 saturated carbocycles. The molecule has 2 aliphatic heterocycles. The van der Waals surface area contributed by atoms with Gasteiger partial charge in [-0.1, -0.05) is 19.3 Å². The first-order valence-electron chi connectivity index (χ1n) is 8.23. The number of aliphatic hydroxyl groups is 1. The highest BCUT2D eigenvalue weighted by atomic mass is 16.5. The topological polar surface area (TPSA) is 38.7 Å². The van der Waals surface area contributed by atoms with Gasteiger partial charge in [-0.25, -0.2) is 0 Å². The van der Waals surface area contributed by atoms with Gasteiger partial charge in [0.2, 0.25) is 0 Å². The average Bonchev–Trinajstić information content (AvgIpc) is 2.48. The molecule has 3 rings (SSSR count). The summed E-state index contributed by atoms with van der Waals surface area (Å²) in [6.07, 6.45) is 11.6. The van der Waals surface area contributed by atoms with E-state index in [-0.39, 0.29) is 17.8 Å². The van der Waals surface area contributed by atoms with Crippen molar-refractivity contribution in [3.05, 3.63) is 0 Å². The van der Waals surface area contributed by atoms with Crippen LogP contribution in [0.1, 0.15) is 64.2 Å². The van der Waals surface area contributed by atoms with Crippen molar-refractivity contribution < 1.29 is 14.6 Å². The molecule has 0 bridgehead atoms. The van der Waals surface area contributed by atoms with Gasteiger partial charge in [-0.3, -0.25) is 0 Å². The molecule has 3 nitrogen and oxygen atoms in total. The minimum atomic E-state index is -0.275. The molecule has 0 aromatic heterocycles. The van der Waals surface area contributed by atoms with Crippen LogP contribution in [-0.2, 0) is 9.47 Å². The lowest BCUT2D eigenvalue weighted by molar-refractivity contribution is -0.156. The molecule has 3 atom stereocenters. The Morgan fingerprint density at radius 1 is 0.947 bits per heavy atom. The molecular formula is C16H28O3. The summed E-state index contributed by atoms with van der Waals surface area (Å²) in [6.45, 7) is 1.66. The molecular weight excluding hydrogens is 240 g/mol. The minimum absolute atomic E-state index is 0.0810. The summed E-state index contributed by atoms with van der Waals surface area (Å²) in [5, 5.41) is 10.6. The van der Waals surface area contributed by atoms with E-state index in [0.29, 0.717) is 5.92 Å². The molecule has 2 heterocycles. The molecule has 3 heteroatoms. The molecule has 1 aliphatic carbocycles. The van der Waals surface area contributed by atoms with Gasteiger partial charge in [-0.15, -0.1) is 0 Å². The number of hydrogen-bond acceptors (Lipinski definition) is 3. The summed E-state index contributed by atoms with van der Waals surface area (Å²) in [5.41, 5.74) is 0.0941. The van der Waals surface area contributed by atoms with Crippen molar-refractivity contribution in [1.82, 2.24) is 0 Å². The van der Waals surface area contributed by atoms with Crippen LogP contribution in [0.3, 0.4) is 0 Å². The highest BCUT2D eigenvalue weighted by Crippen LogP contribution is 2.42. The van der Waals surface area contributed by atoms with E-state index in [1.54, 1.807) is 0 Å². The van der Waals surface area contributed by atoms with E-state index < -0.39 is 0 Å². The molecule has 0 aromatic rings. The lowest BCUT2D eigenvalue weighted by Crippen LogP contribution is -2.47. The smallest absolute Gasteiger partial charge is 0.0836 e. The summed E-state index contributed by atoms with van der Waals surface area (Å²) in [6, 6.07) is 0. The largest absolute Gasteiger partial charge is 0.390 e. The van der Waals surface area contributed by atoms with E-state index in [2.05, 4.69) is 0 Å². The number of ether oxygens (including phenoxy) is 2. The Hall–Kier alpha value is -0.120. The first kappa shape index (κ1) is 13.8. The quantitative estimate of drug-likeness (QED) is 0.836. The van der Waals surface area contributed by atoms with Gasteiger partial charge in [0, 0.05) is 13.2 Å². The second-order valence-electron chi connectivity index (χ2n) is 6.74. The van der Waals surface area contributed by atoms with Gasteiger partial charge in [0.25, 0.3) is 0 Å². The monoisotopic (exact) mass is 268 g/mol. The summed E-state index contributed by atoms with van der Waals surface area (Å²) in [4.78, 5) is 0. The molecule has 0 amide bonds. The fraction of sp³-hybridized carbons (Fsp3) is 1.00. The fourth-order valence-corrected chi connectivity index (χ4v) is 4.24. The van der Waals surface area contributed by atoms with Crippen LogP contribution >= 0.6 is 0 Å². The van der Waals surface area contributed by atoms with Gasteiger partial charge in [-0.2, -0.15) is 0 Å². The van der Waals surface area contributed by atoms with Crippen LogP contribution < -0.4 is 0 Å². The molecule has 0 aromatic carbocycles. The summed E-state index contributed by atoms with van der Waals surface area (Å²) in [7, 11) is 0. The second kappa shape index (κ2) is 6.11. The summed E-state index contributed by atoms with van der Waals surface area (Å²) >= 11 is 0.